The summed E-state index contributed by atoms with van der Waals surface area (Å²) >= 11 is 0. The highest BCUT2D eigenvalue weighted by atomic mass is 16.3. The van der Waals surface area contributed by atoms with Crippen LogP contribution in [0.1, 0.15) is 36.2 Å². The average Bonchev–Trinajstić information content (AvgIpc) is 3.01. The third-order valence-electron chi connectivity index (χ3n) is 3.37. The Morgan fingerprint density at radius 3 is 2.82 bits per heavy atom. The van der Waals surface area contributed by atoms with Crippen molar-refractivity contribution in [2.24, 2.45) is 0 Å². The van der Waals surface area contributed by atoms with Crippen molar-refractivity contribution in [1.82, 2.24) is 4.90 Å². The first kappa shape index (κ1) is 12.3. The van der Waals surface area contributed by atoms with Crippen LogP contribution in [0.2, 0.25) is 0 Å². The predicted molar refractivity (Wildman–Crippen MR) is 64.0 cm³/mol. The third kappa shape index (κ3) is 3.17. The zero-order chi connectivity index (χ0) is 12.1. The number of hydrogen-bond acceptors (Lipinski definition) is 4. The second kappa shape index (κ2) is 5.98. The monoisotopic (exact) mass is 237 g/mol. The van der Waals surface area contributed by atoms with E-state index in [0.717, 1.165) is 12.8 Å². The Kier molecular flexibility index (Phi) is 4.34. The first-order valence-corrected chi connectivity index (χ1v) is 6.23. The number of furan rings is 1. The van der Waals surface area contributed by atoms with E-state index in [9.17, 15) is 4.79 Å². The van der Waals surface area contributed by atoms with Crippen molar-refractivity contribution in [1.29, 1.82) is 0 Å². The SMILES string of the molecule is O=C(CN(CCO)C1CCCC1)c1ccco1. The number of Topliss-reactive ketones (excluding diaryl/α,β-unsaturated/α-hetero) is 1. The molecule has 1 aromatic rings. The van der Waals surface area contributed by atoms with Crippen LogP contribution in [-0.2, 0) is 0 Å². The lowest BCUT2D eigenvalue weighted by Crippen LogP contribution is -2.39. The minimum atomic E-state index is -0.00431. The molecule has 0 atom stereocenters. The molecule has 4 heteroatoms. The number of nitrogens with zero attached hydrogens (tertiary/aromatic N) is 1. The van der Waals surface area contributed by atoms with Gasteiger partial charge in [-0.3, -0.25) is 9.69 Å². The molecule has 1 aromatic heterocycles. The molecule has 1 N–H and O–H groups in total. The smallest absolute Gasteiger partial charge is 0.211 e. The molecular weight excluding hydrogens is 218 g/mol. The van der Waals surface area contributed by atoms with Crippen LogP contribution in [0.3, 0.4) is 0 Å². The van der Waals surface area contributed by atoms with E-state index >= 15 is 0 Å². The van der Waals surface area contributed by atoms with Gasteiger partial charge in [0, 0.05) is 12.6 Å². The highest BCUT2D eigenvalue weighted by molar-refractivity contribution is 5.95. The normalized spacial score (nSPS) is 16.8. The van der Waals surface area contributed by atoms with Crippen molar-refractivity contribution in [3.05, 3.63) is 24.2 Å². The van der Waals surface area contributed by atoms with Gasteiger partial charge in [-0.05, 0) is 25.0 Å². The van der Waals surface area contributed by atoms with E-state index in [0.29, 0.717) is 24.9 Å². The zero-order valence-electron chi connectivity index (χ0n) is 9.97. The van der Waals surface area contributed by atoms with Gasteiger partial charge >= 0.3 is 0 Å². The van der Waals surface area contributed by atoms with Crippen LogP contribution < -0.4 is 0 Å². The van der Waals surface area contributed by atoms with Crippen LogP contribution in [-0.4, -0.2) is 41.5 Å². The van der Waals surface area contributed by atoms with Crippen LogP contribution >= 0.6 is 0 Å². The summed E-state index contributed by atoms with van der Waals surface area (Å²) < 4.78 is 5.10. The van der Waals surface area contributed by atoms with E-state index in [1.54, 1.807) is 12.1 Å². The van der Waals surface area contributed by atoms with E-state index in [1.165, 1.54) is 19.1 Å². The lowest BCUT2D eigenvalue weighted by atomic mass is 10.2. The van der Waals surface area contributed by atoms with Crippen LogP contribution in [0.5, 0.6) is 0 Å². The number of ketones is 1. The van der Waals surface area contributed by atoms with Gasteiger partial charge in [-0.2, -0.15) is 0 Å². The lowest BCUT2D eigenvalue weighted by molar-refractivity contribution is 0.0836. The van der Waals surface area contributed by atoms with Crippen LogP contribution in [0.4, 0.5) is 0 Å². The maximum Gasteiger partial charge on any atom is 0.211 e. The molecule has 0 spiro atoms. The maximum absolute atomic E-state index is 11.9. The number of carbonyl (C=O) groups excluding carboxylic acids is 1. The molecule has 0 bridgehead atoms. The molecular formula is C13H19NO3. The van der Waals surface area contributed by atoms with Gasteiger partial charge in [0.1, 0.15) is 0 Å². The quantitative estimate of drug-likeness (QED) is 0.765. The van der Waals surface area contributed by atoms with Gasteiger partial charge in [0.2, 0.25) is 5.78 Å². The zero-order valence-corrected chi connectivity index (χ0v) is 9.97. The highest BCUT2D eigenvalue weighted by Crippen LogP contribution is 2.23. The minimum absolute atomic E-state index is 0.00431. The molecule has 1 aliphatic carbocycles. The van der Waals surface area contributed by atoms with Gasteiger partial charge in [-0.25, -0.2) is 0 Å². The van der Waals surface area contributed by atoms with Crippen molar-refractivity contribution in [3.63, 3.8) is 0 Å². The van der Waals surface area contributed by atoms with E-state index in [1.807, 2.05) is 0 Å². The predicted octanol–water partition coefficient (Wildman–Crippen LogP) is 1.70. The number of rotatable bonds is 6. The second-order valence-electron chi connectivity index (χ2n) is 4.53. The van der Waals surface area contributed by atoms with Crippen molar-refractivity contribution in [3.8, 4) is 0 Å². The van der Waals surface area contributed by atoms with Crippen LogP contribution in [0.25, 0.3) is 0 Å². The molecule has 17 heavy (non-hydrogen) atoms. The number of hydrogen-bond donors (Lipinski definition) is 1. The van der Waals surface area contributed by atoms with E-state index in [-0.39, 0.29) is 12.4 Å². The standard InChI is InChI=1S/C13H19NO3/c15-8-7-14(11-4-1-2-5-11)10-12(16)13-6-3-9-17-13/h3,6,9,11,15H,1-2,4-5,7-8,10H2. The molecule has 0 aliphatic heterocycles. The fraction of sp³-hybridized carbons (Fsp3) is 0.615. The van der Waals surface area contributed by atoms with Crippen LogP contribution in [0.15, 0.2) is 22.8 Å². The molecule has 0 amide bonds. The van der Waals surface area contributed by atoms with Gasteiger partial charge in [0.25, 0.3) is 0 Å². The van der Waals surface area contributed by atoms with Gasteiger partial charge in [0.05, 0.1) is 19.4 Å². The topological polar surface area (TPSA) is 53.7 Å². The van der Waals surface area contributed by atoms with E-state index in [4.69, 9.17) is 9.52 Å². The molecule has 1 heterocycles. The van der Waals surface area contributed by atoms with Gasteiger partial charge in [0.15, 0.2) is 5.76 Å². The van der Waals surface area contributed by atoms with Gasteiger partial charge < -0.3 is 9.52 Å². The summed E-state index contributed by atoms with van der Waals surface area (Å²) in [5.74, 6) is 0.404. The largest absolute Gasteiger partial charge is 0.461 e. The molecule has 1 saturated carbocycles. The van der Waals surface area contributed by atoms with Crippen LogP contribution in [0, 0.1) is 0 Å². The Morgan fingerprint density at radius 1 is 1.47 bits per heavy atom. The molecule has 0 saturated heterocycles. The summed E-state index contributed by atoms with van der Waals surface area (Å²) in [6.45, 7) is 1.01. The summed E-state index contributed by atoms with van der Waals surface area (Å²) in [5, 5.41) is 9.06. The molecule has 1 aliphatic rings. The van der Waals surface area contributed by atoms with Crippen molar-refractivity contribution < 1.29 is 14.3 Å². The summed E-state index contributed by atoms with van der Waals surface area (Å²) in [6.07, 6.45) is 6.22. The first-order chi connectivity index (χ1) is 8.31. The Bertz CT molecular complexity index is 342. The maximum atomic E-state index is 11.9. The molecule has 2 rings (SSSR count). The van der Waals surface area contributed by atoms with Crippen molar-refractivity contribution in [2.75, 3.05) is 19.7 Å². The Balaban J connectivity index is 1.94. The molecule has 0 aromatic carbocycles. The van der Waals surface area contributed by atoms with Gasteiger partial charge in [-0.15, -0.1) is 0 Å². The van der Waals surface area contributed by atoms with E-state index in [2.05, 4.69) is 4.90 Å². The molecule has 0 unspecified atom stereocenters. The fourth-order valence-electron chi connectivity index (χ4n) is 2.49. The number of carbonyl (C=O) groups is 1. The molecule has 0 radical (unpaired) electrons. The fourth-order valence-corrected chi connectivity index (χ4v) is 2.49. The summed E-state index contributed by atoms with van der Waals surface area (Å²) in [5.41, 5.74) is 0. The first-order valence-electron chi connectivity index (χ1n) is 6.23. The minimum Gasteiger partial charge on any atom is -0.461 e. The van der Waals surface area contributed by atoms with Crippen molar-refractivity contribution >= 4 is 5.78 Å². The highest BCUT2D eigenvalue weighted by Gasteiger charge is 2.24. The molecule has 4 nitrogen and oxygen atoms in total. The Labute approximate surface area is 101 Å². The number of aliphatic hydroxyl groups excluding tert-OH is 1. The summed E-state index contributed by atoms with van der Waals surface area (Å²) in [6, 6.07) is 3.86. The lowest BCUT2D eigenvalue weighted by Gasteiger charge is -2.26. The Hall–Kier alpha value is -1.13. The second-order valence-corrected chi connectivity index (χ2v) is 4.53. The molecule has 94 valence electrons. The molecule has 1 fully saturated rings. The third-order valence-corrected chi connectivity index (χ3v) is 3.37. The summed E-state index contributed by atoms with van der Waals surface area (Å²) in [7, 11) is 0. The number of aliphatic hydroxyl groups is 1. The Morgan fingerprint density at radius 2 is 2.24 bits per heavy atom. The summed E-state index contributed by atoms with van der Waals surface area (Å²) in [4.78, 5) is 14.0. The average molecular weight is 237 g/mol. The van der Waals surface area contributed by atoms with Crippen molar-refractivity contribution in [2.45, 2.75) is 31.7 Å². The van der Waals surface area contributed by atoms with E-state index < -0.39 is 0 Å². The van der Waals surface area contributed by atoms with Gasteiger partial charge in [-0.1, -0.05) is 12.8 Å².